The lowest BCUT2D eigenvalue weighted by molar-refractivity contribution is -0.166. The summed E-state index contributed by atoms with van der Waals surface area (Å²) in [6.07, 6.45) is 2.36. The first-order valence-corrected chi connectivity index (χ1v) is 22.1. The molecule has 13 nitrogen and oxygen atoms in total. The Bertz CT molecular complexity index is 1630. The lowest BCUT2D eigenvalue weighted by atomic mass is 9.81. The van der Waals surface area contributed by atoms with Crippen molar-refractivity contribution in [1.82, 2.24) is 20.0 Å². The molecule has 2 bridgehead atoms. The van der Waals surface area contributed by atoms with Crippen molar-refractivity contribution in [3.05, 3.63) is 29.8 Å². The molecule has 3 aliphatic rings. The number of hydrogen-bond donors (Lipinski definition) is 2. The van der Waals surface area contributed by atoms with Gasteiger partial charge in [0.2, 0.25) is 23.6 Å². The van der Waals surface area contributed by atoms with Crippen molar-refractivity contribution in [2.45, 2.75) is 149 Å². The third-order valence-electron chi connectivity index (χ3n) is 12.4. The van der Waals surface area contributed by atoms with Crippen LogP contribution in [0.5, 0.6) is 5.75 Å². The number of thioether (sulfide) groups is 1. The minimum Gasteiger partial charge on any atom is -0.497 e. The number of carbonyl (C=O) groups is 5. The van der Waals surface area contributed by atoms with Gasteiger partial charge in [-0.15, -0.1) is 11.8 Å². The summed E-state index contributed by atoms with van der Waals surface area (Å²) in [5, 5.41) is 15.2. The maximum absolute atomic E-state index is 14.6. The van der Waals surface area contributed by atoms with E-state index in [1.54, 1.807) is 56.9 Å². The van der Waals surface area contributed by atoms with Gasteiger partial charge in [-0.3, -0.25) is 24.2 Å². The number of methoxy groups -OCH3 is 1. The second-order valence-electron chi connectivity index (χ2n) is 18.0. The molecule has 1 aromatic rings. The van der Waals surface area contributed by atoms with Crippen molar-refractivity contribution in [2.75, 3.05) is 33.5 Å². The van der Waals surface area contributed by atoms with Crippen molar-refractivity contribution in [3.63, 3.8) is 0 Å². The molecule has 0 unspecified atom stereocenters. The number of aliphatic hydroxyl groups is 1. The Morgan fingerprint density at radius 3 is 2.28 bits per heavy atom. The summed E-state index contributed by atoms with van der Waals surface area (Å²) in [7, 11) is 4.70. The average molecular weight is 828 g/mol. The highest BCUT2D eigenvalue weighted by molar-refractivity contribution is 8.14. The smallest absolute Gasteiger partial charge is 0.329 e. The SMILES string of the molecule is CC[C@H](C)[C@@H]1C(=O)N2CCC[C@@H]2C(=O)O[C@H](C(C)(C)C)C[C@H](C)C[C@H](O)[C@@H](C)C2=N[C@@H](CCC(=O)N[C@H](Cc3ccc(OC)cc3)C(=O)N(C)[C@H](C)C(=O)N1C)CS2. The van der Waals surface area contributed by atoms with E-state index in [-0.39, 0.29) is 48.5 Å². The molecular formula is C44H69N5O8S. The Balaban J connectivity index is 1.69. The summed E-state index contributed by atoms with van der Waals surface area (Å²) < 4.78 is 11.6. The van der Waals surface area contributed by atoms with Gasteiger partial charge in [-0.2, -0.15) is 0 Å². The van der Waals surface area contributed by atoms with Crippen LogP contribution in [0.15, 0.2) is 29.3 Å². The summed E-state index contributed by atoms with van der Waals surface area (Å²) in [6.45, 7) is 16.0. The van der Waals surface area contributed by atoms with Gasteiger partial charge >= 0.3 is 5.97 Å². The van der Waals surface area contributed by atoms with Crippen LogP contribution in [0, 0.1) is 23.2 Å². The molecule has 3 aliphatic heterocycles. The second-order valence-corrected chi connectivity index (χ2v) is 19.0. The number of aliphatic imine (C=N–C) groups is 1. The fourth-order valence-electron chi connectivity index (χ4n) is 8.13. The zero-order chi connectivity index (χ0) is 43.1. The van der Waals surface area contributed by atoms with E-state index in [0.29, 0.717) is 56.6 Å². The number of fused-ring (bicyclic) bond motifs is 2. The van der Waals surface area contributed by atoms with Crippen LogP contribution in [-0.4, -0.2) is 130 Å². The van der Waals surface area contributed by atoms with Crippen LogP contribution < -0.4 is 10.1 Å². The number of hydrogen-bond acceptors (Lipinski definition) is 10. The molecule has 0 aliphatic carbocycles. The molecular weight excluding hydrogens is 759 g/mol. The Morgan fingerprint density at radius 2 is 1.66 bits per heavy atom. The molecule has 0 spiro atoms. The Labute approximate surface area is 350 Å². The standard InChI is InChI=1S/C44H69N5O8S/c1-12-27(3)38-42(54)49-21-13-14-34(49)43(55)57-36(44(6,7)8)23-26(2)22-35(50)28(4)39-45-31(25-58-39)17-20-37(51)46-33(24-30-15-18-32(56-11)19-16-30)41(53)47(9)29(5)40(52)48(38)10/h15-16,18-19,26-29,31,33-36,38,50H,12-14,17,20-25H2,1-11H3,(H,46,51)/t26-,27+,28-,29-,31+,33-,34-,35+,36+,38-/m1/s1. The van der Waals surface area contributed by atoms with Crippen LogP contribution in [0.4, 0.5) is 0 Å². The molecule has 1 fully saturated rings. The molecule has 4 rings (SSSR count). The minimum absolute atomic E-state index is 0.0138. The Morgan fingerprint density at radius 1 is 0.983 bits per heavy atom. The number of ether oxygens (including phenoxy) is 2. The number of aliphatic hydroxyl groups excluding tert-OH is 1. The Hall–Kier alpha value is -3.65. The zero-order valence-corrected chi connectivity index (χ0v) is 37.5. The number of cyclic esters (lactones) is 1. The van der Waals surface area contributed by atoms with Crippen molar-refractivity contribution in [2.24, 2.45) is 28.2 Å². The summed E-state index contributed by atoms with van der Waals surface area (Å²) in [5.74, 6) is -1.06. The van der Waals surface area contributed by atoms with Gasteiger partial charge in [0.05, 0.1) is 24.3 Å². The number of benzene rings is 1. The van der Waals surface area contributed by atoms with E-state index in [9.17, 15) is 29.1 Å². The highest BCUT2D eigenvalue weighted by Crippen LogP contribution is 2.34. The van der Waals surface area contributed by atoms with Crippen molar-refractivity contribution in [3.8, 4) is 5.75 Å². The van der Waals surface area contributed by atoms with Crippen LogP contribution in [-0.2, 0) is 35.1 Å². The van der Waals surface area contributed by atoms with E-state index in [4.69, 9.17) is 14.5 Å². The van der Waals surface area contributed by atoms with Gasteiger partial charge < -0.3 is 34.6 Å². The fraction of sp³-hybridized carbons (Fsp3) is 0.727. The van der Waals surface area contributed by atoms with Crippen LogP contribution in [0.25, 0.3) is 0 Å². The number of rotatable bonds is 5. The summed E-state index contributed by atoms with van der Waals surface area (Å²) >= 11 is 1.60. The van der Waals surface area contributed by atoms with E-state index < -0.39 is 59.6 Å². The maximum Gasteiger partial charge on any atom is 0.329 e. The molecule has 4 amide bonds. The highest BCUT2D eigenvalue weighted by Gasteiger charge is 2.44. The lowest BCUT2D eigenvalue weighted by Gasteiger charge is -2.39. The van der Waals surface area contributed by atoms with Gasteiger partial charge in [-0.05, 0) is 74.0 Å². The quantitative estimate of drug-likeness (QED) is 0.385. The summed E-state index contributed by atoms with van der Waals surface area (Å²) in [5.41, 5.74) is 0.396. The number of esters is 1. The average Bonchev–Trinajstić information content (AvgIpc) is 3.88. The van der Waals surface area contributed by atoms with Gasteiger partial charge in [0.1, 0.15) is 36.0 Å². The van der Waals surface area contributed by atoms with E-state index in [1.165, 1.54) is 9.80 Å². The van der Waals surface area contributed by atoms with Crippen LogP contribution in [0.2, 0.25) is 0 Å². The largest absolute Gasteiger partial charge is 0.497 e. The summed E-state index contributed by atoms with van der Waals surface area (Å²) in [4.78, 5) is 80.0. The number of carbonyl (C=O) groups excluding carboxylic acids is 5. The zero-order valence-electron chi connectivity index (χ0n) is 36.7. The topological polar surface area (TPSA) is 158 Å². The van der Waals surface area contributed by atoms with Gasteiger partial charge in [-0.1, -0.05) is 67.0 Å². The van der Waals surface area contributed by atoms with Crippen molar-refractivity contribution in [1.29, 1.82) is 0 Å². The molecule has 14 heteroatoms. The van der Waals surface area contributed by atoms with E-state index in [0.717, 1.165) is 10.6 Å². The third kappa shape index (κ3) is 11.8. The predicted octanol–water partition coefficient (Wildman–Crippen LogP) is 5.11. The molecule has 2 N–H and O–H groups in total. The van der Waals surface area contributed by atoms with Gasteiger partial charge in [0, 0.05) is 45.2 Å². The van der Waals surface area contributed by atoms with Crippen LogP contribution >= 0.6 is 11.8 Å². The lowest BCUT2D eigenvalue weighted by Crippen LogP contribution is -2.59. The van der Waals surface area contributed by atoms with Gasteiger partial charge in [0.15, 0.2) is 0 Å². The first-order chi connectivity index (χ1) is 27.3. The molecule has 1 saturated heterocycles. The molecule has 0 radical (unpaired) electrons. The van der Waals surface area contributed by atoms with Gasteiger partial charge in [0.25, 0.3) is 0 Å². The van der Waals surface area contributed by atoms with E-state index in [2.05, 4.69) is 12.2 Å². The number of likely N-dealkylation sites (N-methyl/N-ethyl adjacent to an activating group) is 2. The normalized spacial score (nSPS) is 31.2. The molecule has 10 atom stereocenters. The third-order valence-corrected chi connectivity index (χ3v) is 13.7. The maximum atomic E-state index is 14.6. The number of nitrogens with zero attached hydrogens (tertiary/aromatic N) is 4. The number of nitrogens with one attached hydrogen (secondary N) is 1. The van der Waals surface area contributed by atoms with Crippen molar-refractivity contribution >= 4 is 46.4 Å². The van der Waals surface area contributed by atoms with E-state index >= 15 is 0 Å². The highest BCUT2D eigenvalue weighted by atomic mass is 32.2. The van der Waals surface area contributed by atoms with Gasteiger partial charge in [-0.25, -0.2) is 4.79 Å². The molecule has 324 valence electrons. The minimum atomic E-state index is -0.976. The Kier molecular flexibility index (Phi) is 16.7. The molecule has 0 saturated carbocycles. The van der Waals surface area contributed by atoms with Crippen molar-refractivity contribution < 1.29 is 38.6 Å². The monoisotopic (exact) mass is 827 g/mol. The molecule has 3 heterocycles. The predicted molar refractivity (Wildman–Crippen MR) is 227 cm³/mol. The summed E-state index contributed by atoms with van der Waals surface area (Å²) in [6, 6.07) is 3.51. The molecule has 58 heavy (non-hydrogen) atoms. The van der Waals surface area contributed by atoms with Crippen LogP contribution in [0.3, 0.4) is 0 Å². The molecule has 1 aromatic carbocycles. The second kappa shape index (κ2) is 20.5. The number of amides is 4. The molecule has 0 aromatic heterocycles. The first kappa shape index (κ1) is 47.0. The van der Waals surface area contributed by atoms with E-state index in [1.807, 2.05) is 53.7 Å². The van der Waals surface area contributed by atoms with Crippen LogP contribution in [0.1, 0.15) is 106 Å². The fourth-order valence-corrected chi connectivity index (χ4v) is 9.38. The first-order valence-electron chi connectivity index (χ1n) is 21.1.